The molecule has 1 aliphatic rings. The van der Waals surface area contributed by atoms with Crippen LogP contribution < -0.4 is 0 Å². The molecule has 1 aromatic rings. The van der Waals surface area contributed by atoms with E-state index in [2.05, 4.69) is 4.98 Å². The number of hydrogen-bond donors (Lipinski definition) is 1. The molecule has 1 aliphatic heterocycles. The number of carboxylic acids is 1. The van der Waals surface area contributed by atoms with Gasteiger partial charge in [0.05, 0.1) is 5.56 Å². The monoisotopic (exact) mass is 277 g/mol. The number of hydrogen-bond acceptors (Lipinski definition) is 4. The second-order valence-electron chi connectivity index (χ2n) is 4.50. The summed E-state index contributed by atoms with van der Waals surface area (Å²) in [6.45, 7) is 3.16. The van der Waals surface area contributed by atoms with Crippen LogP contribution in [0.25, 0.3) is 0 Å². The Labute approximate surface area is 115 Å². The van der Waals surface area contributed by atoms with Crippen LogP contribution in [0.1, 0.15) is 27.8 Å². The summed E-state index contributed by atoms with van der Waals surface area (Å²) in [5, 5.41) is 9.06. The minimum Gasteiger partial charge on any atom is -0.478 e. The van der Waals surface area contributed by atoms with E-state index in [-0.39, 0.29) is 17.2 Å². The Morgan fingerprint density at radius 3 is 2.30 bits per heavy atom. The van der Waals surface area contributed by atoms with Gasteiger partial charge in [0, 0.05) is 39.3 Å². The molecule has 2 amide bonds. The molecule has 0 atom stereocenters. The largest absolute Gasteiger partial charge is 0.478 e. The zero-order valence-corrected chi connectivity index (χ0v) is 11.1. The van der Waals surface area contributed by atoms with E-state index in [1.165, 1.54) is 30.2 Å². The first kappa shape index (κ1) is 14.0. The Morgan fingerprint density at radius 2 is 1.75 bits per heavy atom. The van der Waals surface area contributed by atoms with Crippen LogP contribution in [0.15, 0.2) is 18.3 Å². The highest BCUT2D eigenvalue weighted by Crippen LogP contribution is 2.11. The molecule has 0 saturated carbocycles. The fraction of sp³-hybridized carbons (Fsp3) is 0.385. The van der Waals surface area contributed by atoms with Gasteiger partial charge in [-0.1, -0.05) is 0 Å². The highest BCUT2D eigenvalue weighted by molar-refractivity contribution is 6.03. The van der Waals surface area contributed by atoms with Gasteiger partial charge in [-0.2, -0.15) is 0 Å². The maximum absolute atomic E-state index is 12.3. The lowest BCUT2D eigenvalue weighted by atomic mass is 10.1. The highest BCUT2D eigenvalue weighted by Gasteiger charge is 2.26. The topological polar surface area (TPSA) is 90.8 Å². The Bertz CT molecular complexity index is 550. The molecule has 2 rings (SSSR count). The first-order valence-electron chi connectivity index (χ1n) is 6.24. The molecular weight excluding hydrogens is 262 g/mol. The first-order valence-corrected chi connectivity index (χ1v) is 6.24. The second-order valence-corrected chi connectivity index (χ2v) is 4.50. The number of carbonyl (C=O) groups is 3. The molecule has 7 heteroatoms. The molecule has 0 radical (unpaired) electrons. The second kappa shape index (κ2) is 5.68. The molecule has 0 aliphatic carbocycles. The van der Waals surface area contributed by atoms with Crippen LogP contribution in [0.5, 0.6) is 0 Å². The molecule has 1 saturated heterocycles. The SMILES string of the molecule is CC(=O)N1CCN(C(=O)c2ncccc2C(=O)O)CC1. The maximum Gasteiger partial charge on any atom is 0.338 e. The Hall–Kier alpha value is -2.44. The first-order chi connectivity index (χ1) is 9.50. The number of amides is 2. The Balaban J connectivity index is 2.13. The average Bonchev–Trinajstić information content (AvgIpc) is 2.46. The average molecular weight is 277 g/mol. The summed E-state index contributed by atoms with van der Waals surface area (Å²) in [4.78, 5) is 41.7. The van der Waals surface area contributed by atoms with Gasteiger partial charge in [-0.05, 0) is 12.1 Å². The minimum atomic E-state index is -1.18. The summed E-state index contributed by atoms with van der Waals surface area (Å²) in [6.07, 6.45) is 1.39. The van der Waals surface area contributed by atoms with Crippen molar-refractivity contribution in [1.82, 2.24) is 14.8 Å². The fourth-order valence-electron chi connectivity index (χ4n) is 2.12. The van der Waals surface area contributed by atoms with Crippen molar-refractivity contribution in [2.75, 3.05) is 26.2 Å². The molecule has 2 heterocycles. The quantitative estimate of drug-likeness (QED) is 0.827. The van der Waals surface area contributed by atoms with Gasteiger partial charge in [-0.3, -0.25) is 14.6 Å². The van der Waals surface area contributed by atoms with Gasteiger partial charge in [0.1, 0.15) is 5.69 Å². The summed E-state index contributed by atoms with van der Waals surface area (Å²) in [7, 11) is 0. The smallest absolute Gasteiger partial charge is 0.338 e. The minimum absolute atomic E-state index is 0.0267. The fourth-order valence-corrected chi connectivity index (χ4v) is 2.12. The summed E-state index contributed by atoms with van der Waals surface area (Å²) < 4.78 is 0. The van der Waals surface area contributed by atoms with E-state index in [0.29, 0.717) is 26.2 Å². The van der Waals surface area contributed by atoms with Crippen molar-refractivity contribution in [3.8, 4) is 0 Å². The summed E-state index contributed by atoms with van der Waals surface area (Å²) >= 11 is 0. The summed E-state index contributed by atoms with van der Waals surface area (Å²) in [5.74, 6) is -1.61. The van der Waals surface area contributed by atoms with Gasteiger partial charge < -0.3 is 14.9 Å². The van der Waals surface area contributed by atoms with Crippen molar-refractivity contribution in [3.63, 3.8) is 0 Å². The van der Waals surface area contributed by atoms with Crippen LogP contribution in [0.2, 0.25) is 0 Å². The number of carboxylic acid groups (broad SMARTS) is 1. The Morgan fingerprint density at radius 1 is 1.15 bits per heavy atom. The molecule has 1 aromatic heterocycles. The molecule has 1 N–H and O–H groups in total. The maximum atomic E-state index is 12.3. The number of rotatable bonds is 2. The lowest BCUT2D eigenvalue weighted by molar-refractivity contribution is -0.130. The third-order valence-corrected chi connectivity index (χ3v) is 3.25. The van der Waals surface area contributed by atoms with Crippen molar-refractivity contribution >= 4 is 17.8 Å². The van der Waals surface area contributed by atoms with Crippen LogP contribution >= 0.6 is 0 Å². The number of piperazine rings is 1. The van der Waals surface area contributed by atoms with Gasteiger partial charge in [0.2, 0.25) is 5.91 Å². The normalized spacial score (nSPS) is 15.1. The molecule has 0 bridgehead atoms. The molecule has 7 nitrogen and oxygen atoms in total. The van der Waals surface area contributed by atoms with Crippen molar-refractivity contribution < 1.29 is 19.5 Å². The molecule has 20 heavy (non-hydrogen) atoms. The summed E-state index contributed by atoms with van der Waals surface area (Å²) in [5.41, 5.74) is -0.164. The van der Waals surface area contributed by atoms with E-state index >= 15 is 0 Å². The third kappa shape index (κ3) is 2.76. The number of aromatic nitrogens is 1. The zero-order valence-electron chi connectivity index (χ0n) is 11.1. The molecule has 0 spiro atoms. The third-order valence-electron chi connectivity index (χ3n) is 3.25. The number of pyridine rings is 1. The molecule has 106 valence electrons. The van der Waals surface area contributed by atoms with E-state index in [0.717, 1.165) is 0 Å². The standard InChI is InChI=1S/C13H15N3O4/c1-9(17)15-5-7-16(8-6-15)12(18)11-10(13(19)20)3-2-4-14-11/h2-4H,5-8H2,1H3,(H,19,20). The highest BCUT2D eigenvalue weighted by atomic mass is 16.4. The van der Waals surface area contributed by atoms with Crippen LogP contribution in [-0.2, 0) is 4.79 Å². The predicted octanol–water partition coefficient (Wildman–Crippen LogP) is 0.0841. The van der Waals surface area contributed by atoms with Crippen LogP contribution in [0, 0.1) is 0 Å². The van der Waals surface area contributed by atoms with E-state index in [1.807, 2.05) is 0 Å². The summed E-state index contributed by atoms with van der Waals surface area (Å²) in [6, 6.07) is 2.84. The van der Waals surface area contributed by atoms with Gasteiger partial charge >= 0.3 is 5.97 Å². The van der Waals surface area contributed by atoms with E-state index < -0.39 is 11.9 Å². The molecule has 0 aromatic carbocycles. The number of carbonyl (C=O) groups excluding carboxylic acids is 2. The van der Waals surface area contributed by atoms with E-state index in [4.69, 9.17) is 5.11 Å². The lowest BCUT2D eigenvalue weighted by Crippen LogP contribution is -2.50. The van der Waals surface area contributed by atoms with Gasteiger partial charge in [0.15, 0.2) is 0 Å². The Kier molecular flexibility index (Phi) is 3.97. The van der Waals surface area contributed by atoms with Crippen LogP contribution in [0.4, 0.5) is 0 Å². The van der Waals surface area contributed by atoms with Crippen LogP contribution in [0.3, 0.4) is 0 Å². The van der Waals surface area contributed by atoms with Gasteiger partial charge in [-0.15, -0.1) is 0 Å². The molecule has 0 unspecified atom stereocenters. The van der Waals surface area contributed by atoms with Gasteiger partial charge in [0.25, 0.3) is 5.91 Å². The lowest BCUT2D eigenvalue weighted by Gasteiger charge is -2.34. The molecule has 1 fully saturated rings. The van der Waals surface area contributed by atoms with E-state index in [9.17, 15) is 14.4 Å². The van der Waals surface area contributed by atoms with Gasteiger partial charge in [-0.25, -0.2) is 4.79 Å². The number of nitrogens with zero attached hydrogens (tertiary/aromatic N) is 3. The molecular formula is C13H15N3O4. The number of aromatic carboxylic acids is 1. The van der Waals surface area contributed by atoms with E-state index in [1.54, 1.807) is 4.90 Å². The van der Waals surface area contributed by atoms with Crippen molar-refractivity contribution in [3.05, 3.63) is 29.6 Å². The van der Waals surface area contributed by atoms with Crippen molar-refractivity contribution in [2.45, 2.75) is 6.92 Å². The van der Waals surface area contributed by atoms with Crippen molar-refractivity contribution in [1.29, 1.82) is 0 Å². The zero-order chi connectivity index (χ0) is 14.7. The van der Waals surface area contributed by atoms with Crippen LogP contribution in [-0.4, -0.2) is 63.9 Å². The van der Waals surface area contributed by atoms with Crippen molar-refractivity contribution in [2.24, 2.45) is 0 Å². The predicted molar refractivity (Wildman–Crippen MR) is 69.4 cm³/mol.